The van der Waals surface area contributed by atoms with Crippen LogP contribution in [0.2, 0.25) is 0 Å². The fourth-order valence-electron chi connectivity index (χ4n) is 2.50. The number of hydrogen-bond acceptors (Lipinski definition) is 4. The molecule has 1 heterocycles. The summed E-state index contributed by atoms with van der Waals surface area (Å²) in [5.74, 6) is -0.629. The number of halogens is 2. The molecule has 3 aromatic rings. The van der Waals surface area contributed by atoms with Crippen LogP contribution in [0.3, 0.4) is 0 Å². The van der Waals surface area contributed by atoms with Crippen LogP contribution in [0.4, 0.5) is 8.78 Å². The quantitative estimate of drug-likeness (QED) is 0.807. The minimum absolute atomic E-state index is 0.230. The molecule has 0 saturated heterocycles. The van der Waals surface area contributed by atoms with Crippen molar-refractivity contribution in [2.75, 3.05) is 0 Å². The molecule has 3 rings (SSSR count). The lowest BCUT2D eigenvalue weighted by atomic mass is 9.96. The summed E-state index contributed by atoms with van der Waals surface area (Å²) in [6, 6.07) is 8.84. The minimum atomic E-state index is -0.475. The Balaban J connectivity index is 2.20. The largest absolute Gasteiger partial charge is 0.324 e. The fourth-order valence-corrected chi connectivity index (χ4v) is 2.50. The number of aromatic nitrogens is 4. The highest BCUT2D eigenvalue weighted by Gasteiger charge is 2.18. The van der Waals surface area contributed by atoms with Gasteiger partial charge in [0.2, 0.25) is 0 Å². The normalized spacial score (nSPS) is 12.4. The summed E-state index contributed by atoms with van der Waals surface area (Å²) in [6.45, 7) is 1.71. The monoisotopic (exact) mass is 315 g/mol. The lowest BCUT2D eigenvalue weighted by Crippen LogP contribution is -2.07. The van der Waals surface area contributed by atoms with Crippen LogP contribution in [-0.4, -0.2) is 20.2 Å². The van der Waals surface area contributed by atoms with Crippen LogP contribution in [0.5, 0.6) is 0 Å². The smallest absolute Gasteiger partial charge is 0.185 e. The van der Waals surface area contributed by atoms with E-state index in [-0.39, 0.29) is 11.4 Å². The van der Waals surface area contributed by atoms with Gasteiger partial charge >= 0.3 is 0 Å². The third kappa shape index (κ3) is 2.70. The molecule has 0 aliphatic heterocycles. The number of hydrogen-bond donors (Lipinski definition) is 1. The Bertz CT molecular complexity index is 857. The maximum atomic E-state index is 14.4. The molecule has 5 nitrogen and oxygen atoms in total. The third-order valence-electron chi connectivity index (χ3n) is 3.66. The van der Waals surface area contributed by atoms with Gasteiger partial charge in [0, 0.05) is 18.7 Å². The van der Waals surface area contributed by atoms with Gasteiger partial charge < -0.3 is 5.73 Å². The van der Waals surface area contributed by atoms with Gasteiger partial charge in [0.25, 0.3) is 0 Å². The highest BCUT2D eigenvalue weighted by Crippen LogP contribution is 2.33. The summed E-state index contributed by atoms with van der Waals surface area (Å²) < 4.78 is 30.0. The first-order valence-electron chi connectivity index (χ1n) is 7.05. The molecule has 0 radical (unpaired) electrons. The van der Waals surface area contributed by atoms with Crippen molar-refractivity contribution in [3.05, 3.63) is 53.6 Å². The van der Waals surface area contributed by atoms with Gasteiger partial charge in [0.15, 0.2) is 5.82 Å². The lowest BCUT2D eigenvalue weighted by Gasteiger charge is -2.12. The van der Waals surface area contributed by atoms with E-state index in [0.717, 1.165) is 0 Å². The summed E-state index contributed by atoms with van der Waals surface area (Å²) in [5.41, 5.74) is 7.41. The summed E-state index contributed by atoms with van der Waals surface area (Å²) >= 11 is 0. The first kappa shape index (κ1) is 15.2. The Morgan fingerprint density at radius 1 is 1.13 bits per heavy atom. The highest BCUT2D eigenvalue weighted by molar-refractivity contribution is 5.81. The molecule has 23 heavy (non-hydrogen) atoms. The van der Waals surface area contributed by atoms with Crippen LogP contribution < -0.4 is 5.73 Å². The Morgan fingerprint density at radius 3 is 2.52 bits per heavy atom. The van der Waals surface area contributed by atoms with Crippen molar-refractivity contribution < 1.29 is 8.78 Å². The van der Waals surface area contributed by atoms with Gasteiger partial charge in [-0.3, -0.25) is 0 Å². The van der Waals surface area contributed by atoms with Gasteiger partial charge in [-0.05, 0) is 40.6 Å². The van der Waals surface area contributed by atoms with Crippen LogP contribution in [-0.2, 0) is 7.05 Å². The van der Waals surface area contributed by atoms with Crippen molar-refractivity contribution in [1.29, 1.82) is 0 Å². The molecule has 1 aromatic heterocycles. The van der Waals surface area contributed by atoms with Crippen molar-refractivity contribution >= 4 is 0 Å². The second kappa shape index (κ2) is 5.85. The van der Waals surface area contributed by atoms with E-state index in [1.807, 2.05) is 0 Å². The molecule has 0 aliphatic carbocycles. The maximum Gasteiger partial charge on any atom is 0.185 e. The molecule has 0 fully saturated rings. The molecule has 0 amide bonds. The van der Waals surface area contributed by atoms with Crippen LogP contribution in [0.15, 0.2) is 36.4 Å². The molecular formula is C16H15F2N5. The number of nitrogens with two attached hydrogens (primary N) is 1. The Kier molecular flexibility index (Phi) is 3.87. The van der Waals surface area contributed by atoms with Crippen molar-refractivity contribution in [3.63, 3.8) is 0 Å². The molecule has 1 atom stereocenters. The van der Waals surface area contributed by atoms with Crippen molar-refractivity contribution in [3.8, 4) is 22.5 Å². The van der Waals surface area contributed by atoms with E-state index >= 15 is 0 Å². The average molecular weight is 315 g/mol. The Labute approximate surface area is 131 Å². The zero-order valence-corrected chi connectivity index (χ0v) is 12.7. The summed E-state index contributed by atoms with van der Waals surface area (Å²) in [5, 5.41) is 11.1. The van der Waals surface area contributed by atoms with Crippen LogP contribution in [0, 0.1) is 11.6 Å². The molecule has 118 valence electrons. The number of aryl methyl sites for hydroxylation is 1. The number of tetrazole rings is 1. The summed E-state index contributed by atoms with van der Waals surface area (Å²) in [4.78, 5) is 0. The van der Waals surface area contributed by atoms with Crippen LogP contribution in [0.25, 0.3) is 22.5 Å². The SMILES string of the molecule is C[C@@H](N)c1ccc(-c2cccc(F)c2-c2nnnn2C)cc1F. The van der Waals surface area contributed by atoms with E-state index in [1.54, 1.807) is 38.2 Å². The van der Waals surface area contributed by atoms with E-state index in [4.69, 9.17) is 5.73 Å². The fraction of sp³-hybridized carbons (Fsp3) is 0.188. The van der Waals surface area contributed by atoms with E-state index in [0.29, 0.717) is 16.7 Å². The number of nitrogens with zero attached hydrogens (tertiary/aromatic N) is 4. The van der Waals surface area contributed by atoms with Crippen molar-refractivity contribution in [2.45, 2.75) is 13.0 Å². The number of rotatable bonds is 3. The average Bonchev–Trinajstić information content (AvgIpc) is 2.92. The minimum Gasteiger partial charge on any atom is -0.324 e. The zero-order valence-electron chi connectivity index (χ0n) is 12.7. The van der Waals surface area contributed by atoms with Gasteiger partial charge in [-0.25, -0.2) is 13.5 Å². The van der Waals surface area contributed by atoms with Crippen LogP contribution >= 0.6 is 0 Å². The van der Waals surface area contributed by atoms with E-state index < -0.39 is 17.7 Å². The first-order chi connectivity index (χ1) is 11.0. The molecule has 0 spiro atoms. The van der Waals surface area contributed by atoms with Gasteiger partial charge in [-0.2, -0.15) is 0 Å². The topological polar surface area (TPSA) is 69.6 Å². The second-order valence-corrected chi connectivity index (χ2v) is 5.31. The lowest BCUT2D eigenvalue weighted by molar-refractivity contribution is 0.594. The third-order valence-corrected chi connectivity index (χ3v) is 3.66. The van der Waals surface area contributed by atoms with E-state index in [1.165, 1.54) is 16.8 Å². The van der Waals surface area contributed by atoms with Gasteiger partial charge in [0.05, 0.1) is 5.56 Å². The predicted octanol–water partition coefficient (Wildman–Crippen LogP) is 2.84. The van der Waals surface area contributed by atoms with Crippen molar-refractivity contribution in [2.24, 2.45) is 12.8 Å². The van der Waals surface area contributed by atoms with E-state index in [9.17, 15) is 8.78 Å². The molecule has 2 N–H and O–H groups in total. The number of benzene rings is 2. The molecule has 0 aliphatic rings. The predicted molar refractivity (Wildman–Crippen MR) is 82.2 cm³/mol. The second-order valence-electron chi connectivity index (χ2n) is 5.31. The molecule has 2 aromatic carbocycles. The maximum absolute atomic E-state index is 14.4. The molecule has 0 bridgehead atoms. The summed E-state index contributed by atoms with van der Waals surface area (Å²) in [7, 11) is 1.62. The van der Waals surface area contributed by atoms with Crippen molar-refractivity contribution in [1.82, 2.24) is 20.2 Å². The van der Waals surface area contributed by atoms with Gasteiger partial charge in [-0.15, -0.1) is 5.10 Å². The molecular weight excluding hydrogens is 300 g/mol. The molecule has 0 unspecified atom stereocenters. The Hall–Kier alpha value is -2.67. The standard InChI is InChI=1S/C16H15F2N5/c1-9(19)11-7-6-10(8-14(11)18)12-4-3-5-13(17)15(12)16-20-21-22-23(16)2/h3-9H,19H2,1-2H3/t9-/m1/s1. The van der Waals surface area contributed by atoms with Crippen LogP contribution in [0.1, 0.15) is 18.5 Å². The molecule has 0 saturated carbocycles. The van der Waals surface area contributed by atoms with E-state index in [2.05, 4.69) is 15.5 Å². The summed E-state index contributed by atoms with van der Waals surface area (Å²) in [6.07, 6.45) is 0. The Morgan fingerprint density at radius 2 is 1.91 bits per heavy atom. The highest BCUT2D eigenvalue weighted by atomic mass is 19.1. The van der Waals surface area contributed by atoms with Gasteiger partial charge in [0.1, 0.15) is 11.6 Å². The zero-order chi connectivity index (χ0) is 16.6. The first-order valence-corrected chi connectivity index (χ1v) is 7.05. The van der Waals surface area contributed by atoms with Gasteiger partial charge in [-0.1, -0.05) is 24.3 Å². The molecule has 7 heteroatoms.